The predicted molar refractivity (Wildman–Crippen MR) is 119 cm³/mol. The van der Waals surface area contributed by atoms with Crippen molar-refractivity contribution in [3.63, 3.8) is 0 Å². The molecule has 0 bridgehead atoms. The zero-order chi connectivity index (χ0) is 18.2. The summed E-state index contributed by atoms with van der Waals surface area (Å²) in [6.45, 7) is 7.61. The molecule has 0 aliphatic carbocycles. The minimum atomic E-state index is -0.0766. The smallest absolute Gasteiger partial charge is 0.221 e. The minimum Gasteiger partial charge on any atom is -0.357 e. The maximum Gasteiger partial charge on any atom is 0.221 e. The number of aromatic nitrogens is 1. The second-order valence-corrected chi connectivity index (χ2v) is 6.83. The molecular formula is C18H26IN5OS. The second kappa shape index (κ2) is 11.1. The molecule has 6 nitrogen and oxygen atoms in total. The van der Waals surface area contributed by atoms with Crippen LogP contribution < -0.4 is 10.6 Å². The molecule has 2 aromatic rings. The van der Waals surface area contributed by atoms with Crippen molar-refractivity contribution in [1.29, 1.82) is 0 Å². The SMILES string of the molecule is CCNC(=NCc1cccc(NC(C)=O)c1)N(C)Cc1csc(C)n1.I. The van der Waals surface area contributed by atoms with Crippen LogP contribution in [0.25, 0.3) is 0 Å². The number of aliphatic imine (C=N–C) groups is 1. The number of amides is 1. The third-order valence-corrected chi connectivity index (χ3v) is 4.24. The molecular weight excluding hydrogens is 461 g/mol. The Morgan fingerprint density at radius 3 is 2.77 bits per heavy atom. The monoisotopic (exact) mass is 487 g/mol. The molecule has 2 rings (SSSR count). The van der Waals surface area contributed by atoms with E-state index in [2.05, 4.69) is 25.9 Å². The number of thiazole rings is 1. The van der Waals surface area contributed by atoms with Crippen molar-refractivity contribution >= 4 is 52.9 Å². The van der Waals surface area contributed by atoms with Gasteiger partial charge in [0, 0.05) is 31.6 Å². The fourth-order valence-corrected chi connectivity index (χ4v) is 2.99. The zero-order valence-corrected chi connectivity index (χ0v) is 18.7. The number of guanidine groups is 1. The Balaban J connectivity index is 0.00000338. The van der Waals surface area contributed by atoms with Crippen LogP contribution in [0.1, 0.15) is 30.1 Å². The molecule has 1 heterocycles. The number of carbonyl (C=O) groups excluding carboxylic acids is 1. The van der Waals surface area contributed by atoms with Gasteiger partial charge >= 0.3 is 0 Å². The molecule has 142 valence electrons. The first-order chi connectivity index (χ1) is 12.0. The number of benzene rings is 1. The van der Waals surface area contributed by atoms with Gasteiger partial charge in [0.2, 0.25) is 5.91 Å². The number of anilines is 1. The van der Waals surface area contributed by atoms with Gasteiger partial charge in [0.05, 0.1) is 23.8 Å². The van der Waals surface area contributed by atoms with E-state index in [1.165, 1.54) is 6.92 Å². The molecule has 1 aromatic heterocycles. The highest BCUT2D eigenvalue weighted by atomic mass is 127. The van der Waals surface area contributed by atoms with Crippen LogP contribution in [0, 0.1) is 6.92 Å². The maximum absolute atomic E-state index is 11.2. The van der Waals surface area contributed by atoms with Crippen LogP contribution in [0.4, 0.5) is 5.69 Å². The normalized spacial score (nSPS) is 10.8. The molecule has 0 saturated heterocycles. The van der Waals surface area contributed by atoms with E-state index in [4.69, 9.17) is 4.99 Å². The van der Waals surface area contributed by atoms with Crippen LogP contribution in [0.2, 0.25) is 0 Å². The number of aryl methyl sites for hydroxylation is 1. The van der Waals surface area contributed by atoms with Crippen molar-refractivity contribution in [3.8, 4) is 0 Å². The summed E-state index contributed by atoms with van der Waals surface area (Å²) in [5.41, 5.74) is 2.87. The van der Waals surface area contributed by atoms with Crippen molar-refractivity contribution in [2.45, 2.75) is 33.9 Å². The molecule has 0 aliphatic heterocycles. The second-order valence-electron chi connectivity index (χ2n) is 5.77. The van der Waals surface area contributed by atoms with Gasteiger partial charge in [-0.25, -0.2) is 9.98 Å². The summed E-state index contributed by atoms with van der Waals surface area (Å²) in [4.78, 5) is 22.5. The molecule has 2 N–H and O–H groups in total. The Morgan fingerprint density at radius 2 is 2.15 bits per heavy atom. The van der Waals surface area contributed by atoms with E-state index >= 15 is 0 Å². The lowest BCUT2D eigenvalue weighted by Crippen LogP contribution is -2.38. The number of halogens is 1. The summed E-state index contributed by atoms with van der Waals surface area (Å²) in [6, 6.07) is 7.74. The number of hydrogen-bond acceptors (Lipinski definition) is 4. The Labute approximate surface area is 176 Å². The van der Waals surface area contributed by atoms with Crippen LogP contribution in [0.5, 0.6) is 0 Å². The van der Waals surface area contributed by atoms with Crippen LogP contribution in [0.3, 0.4) is 0 Å². The first-order valence-electron chi connectivity index (χ1n) is 8.25. The fourth-order valence-electron chi connectivity index (χ4n) is 2.39. The fraction of sp³-hybridized carbons (Fsp3) is 0.389. The van der Waals surface area contributed by atoms with E-state index in [1.807, 2.05) is 45.2 Å². The van der Waals surface area contributed by atoms with Gasteiger partial charge in [0.25, 0.3) is 0 Å². The maximum atomic E-state index is 11.2. The predicted octanol–water partition coefficient (Wildman–Crippen LogP) is 3.63. The number of rotatable bonds is 6. The van der Waals surface area contributed by atoms with Crippen molar-refractivity contribution in [2.24, 2.45) is 4.99 Å². The largest absolute Gasteiger partial charge is 0.357 e. The molecule has 0 fully saturated rings. The van der Waals surface area contributed by atoms with Gasteiger partial charge < -0.3 is 15.5 Å². The lowest BCUT2D eigenvalue weighted by Gasteiger charge is -2.21. The van der Waals surface area contributed by atoms with E-state index in [0.29, 0.717) is 13.1 Å². The molecule has 1 amide bonds. The Hall–Kier alpha value is -1.68. The highest BCUT2D eigenvalue weighted by molar-refractivity contribution is 14.0. The Kier molecular flexibility index (Phi) is 9.57. The molecule has 1 aromatic carbocycles. The van der Waals surface area contributed by atoms with Gasteiger partial charge in [-0.3, -0.25) is 4.79 Å². The van der Waals surface area contributed by atoms with Crippen molar-refractivity contribution < 1.29 is 4.79 Å². The number of nitrogens with one attached hydrogen (secondary N) is 2. The molecule has 0 saturated carbocycles. The topological polar surface area (TPSA) is 69.6 Å². The van der Waals surface area contributed by atoms with Gasteiger partial charge in [-0.2, -0.15) is 0 Å². The number of carbonyl (C=O) groups is 1. The third kappa shape index (κ3) is 7.28. The third-order valence-electron chi connectivity index (χ3n) is 3.42. The summed E-state index contributed by atoms with van der Waals surface area (Å²) >= 11 is 1.66. The molecule has 0 unspecified atom stereocenters. The van der Waals surface area contributed by atoms with Gasteiger partial charge in [-0.15, -0.1) is 35.3 Å². The lowest BCUT2D eigenvalue weighted by atomic mass is 10.2. The van der Waals surface area contributed by atoms with Crippen LogP contribution in [-0.2, 0) is 17.9 Å². The van der Waals surface area contributed by atoms with Crippen LogP contribution in [0.15, 0.2) is 34.6 Å². The zero-order valence-electron chi connectivity index (χ0n) is 15.6. The van der Waals surface area contributed by atoms with E-state index < -0.39 is 0 Å². The van der Waals surface area contributed by atoms with E-state index in [1.54, 1.807) is 11.3 Å². The molecule has 0 radical (unpaired) electrons. The lowest BCUT2D eigenvalue weighted by molar-refractivity contribution is -0.114. The molecule has 0 spiro atoms. The highest BCUT2D eigenvalue weighted by Gasteiger charge is 2.08. The van der Waals surface area contributed by atoms with Crippen molar-refractivity contribution in [2.75, 3.05) is 18.9 Å². The van der Waals surface area contributed by atoms with Gasteiger partial charge in [-0.05, 0) is 31.5 Å². The standard InChI is InChI=1S/C18H25N5OS.HI/c1-5-19-18(23(4)11-17-12-25-14(3)22-17)20-10-15-7-6-8-16(9-15)21-13(2)24;/h6-9,12H,5,10-11H2,1-4H3,(H,19,20)(H,21,24);1H. The van der Waals surface area contributed by atoms with Crippen molar-refractivity contribution in [1.82, 2.24) is 15.2 Å². The van der Waals surface area contributed by atoms with Crippen LogP contribution in [-0.4, -0.2) is 35.3 Å². The Bertz CT molecular complexity index is 747. The number of hydrogen-bond donors (Lipinski definition) is 2. The van der Waals surface area contributed by atoms with Gasteiger partial charge in [0.1, 0.15) is 0 Å². The first kappa shape index (κ1) is 22.4. The summed E-state index contributed by atoms with van der Waals surface area (Å²) in [6.07, 6.45) is 0. The summed E-state index contributed by atoms with van der Waals surface area (Å²) in [5, 5.41) is 9.25. The molecule has 0 aliphatic rings. The highest BCUT2D eigenvalue weighted by Crippen LogP contribution is 2.13. The van der Waals surface area contributed by atoms with Crippen LogP contribution >= 0.6 is 35.3 Å². The quantitative estimate of drug-likeness (QED) is 0.371. The van der Waals surface area contributed by atoms with Crippen molar-refractivity contribution in [3.05, 3.63) is 45.9 Å². The average Bonchev–Trinajstić information content (AvgIpc) is 2.96. The average molecular weight is 487 g/mol. The van der Waals surface area contributed by atoms with E-state index in [0.717, 1.165) is 34.5 Å². The summed E-state index contributed by atoms with van der Waals surface area (Å²) in [5.74, 6) is 0.755. The Morgan fingerprint density at radius 1 is 1.38 bits per heavy atom. The molecule has 8 heteroatoms. The first-order valence-corrected chi connectivity index (χ1v) is 9.13. The summed E-state index contributed by atoms with van der Waals surface area (Å²) < 4.78 is 0. The molecule has 0 atom stereocenters. The summed E-state index contributed by atoms with van der Waals surface area (Å²) in [7, 11) is 2.00. The number of nitrogens with zero attached hydrogens (tertiary/aromatic N) is 3. The minimum absolute atomic E-state index is 0. The van der Waals surface area contributed by atoms with Gasteiger partial charge in [0.15, 0.2) is 5.96 Å². The van der Waals surface area contributed by atoms with E-state index in [9.17, 15) is 4.79 Å². The van der Waals surface area contributed by atoms with Gasteiger partial charge in [-0.1, -0.05) is 12.1 Å². The van der Waals surface area contributed by atoms with E-state index in [-0.39, 0.29) is 29.9 Å². The molecule has 26 heavy (non-hydrogen) atoms.